The Balaban J connectivity index is 1.77. The Labute approximate surface area is 225 Å². The maximum absolute atomic E-state index is 13.9. The van der Waals surface area contributed by atoms with E-state index >= 15 is 0 Å². The third kappa shape index (κ3) is 5.86. The number of fused-ring (bicyclic) bond motifs is 1. The van der Waals surface area contributed by atoms with Crippen molar-refractivity contribution in [1.82, 2.24) is 10.6 Å². The van der Waals surface area contributed by atoms with E-state index in [0.29, 0.717) is 22.5 Å². The van der Waals surface area contributed by atoms with Gasteiger partial charge in [-0.05, 0) is 50.4 Å². The van der Waals surface area contributed by atoms with E-state index in [1.165, 1.54) is 22.8 Å². The number of nitrogens with one attached hydrogen (secondary N) is 3. The normalized spacial score (nSPS) is 14.8. The van der Waals surface area contributed by atoms with E-state index in [2.05, 4.69) is 10.6 Å². The van der Waals surface area contributed by atoms with Crippen molar-refractivity contribution in [3.05, 3.63) is 89.5 Å². The molecular formula is C29H29N5O5. The first-order valence-electron chi connectivity index (χ1n) is 12.3. The molecule has 1 aliphatic rings. The van der Waals surface area contributed by atoms with Crippen LogP contribution in [-0.2, 0) is 9.59 Å². The molecule has 0 saturated heterocycles. The highest BCUT2D eigenvalue weighted by Gasteiger charge is 2.37. The molecule has 4 N–H and O–H groups in total. The van der Waals surface area contributed by atoms with E-state index in [-0.39, 0.29) is 42.4 Å². The highest BCUT2D eigenvalue weighted by Crippen LogP contribution is 2.34. The first-order valence-corrected chi connectivity index (χ1v) is 12.3. The summed E-state index contributed by atoms with van der Waals surface area (Å²) in [7, 11) is 1.60. The lowest BCUT2D eigenvalue weighted by molar-refractivity contribution is -0.126. The van der Waals surface area contributed by atoms with Crippen molar-refractivity contribution in [1.29, 1.82) is 5.41 Å². The van der Waals surface area contributed by atoms with E-state index in [9.17, 15) is 24.3 Å². The van der Waals surface area contributed by atoms with Gasteiger partial charge in [-0.2, -0.15) is 0 Å². The molecule has 10 heteroatoms. The Bertz CT molecular complexity index is 1440. The lowest BCUT2D eigenvalue weighted by atomic mass is 10.1. The van der Waals surface area contributed by atoms with Crippen LogP contribution < -0.4 is 20.4 Å². The molecule has 0 bridgehead atoms. The average molecular weight is 528 g/mol. The monoisotopic (exact) mass is 527 g/mol. The van der Waals surface area contributed by atoms with Gasteiger partial charge in [0.2, 0.25) is 5.91 Å². The highest BCUT2D eigenvalue weighted by atomic mass is 16.3. The lowest BCUT2D eigenvalue weighted by Crippen LogP contribution is -2.54. The molecule has 3 aromatic rings. The molecule has 39 heavy (non-hydrogen) atoms. The number of phenols is 1. The predicted molar refractivity (Wildman–Crippen MR) is 148 cm³/mol. The van der Waals surface area contributed by atoms with Crippen LogP contribution in [0.4, 0.5) is 11.4 Å². The second-order valence-corrected chi connectivity index (χ2v) is 9.11. The molecule has 1 heterocycles. The predicted octanol–water partition coefficient (Wildman–Crippen LogP) is 2.36. The first-order chi connectivity index (χ1) is 18.7. The van der Waals surface area contributed by atoms with Crippen LogP contribution in [0.5, 0.6) is 5.75 Å². The molecule has 1 atom stereocenters. The molecule has 200 valence electrons. The molecule has 10 nitrogen and oxygen atoms in total. The number of carbonyl (C=O) groups excluding carboxylic acids is 4. The molecule has 0 saturated carbocycles. The summed E-state index contributed by atoms with van der Waals surface area (Å²) >= 11 is 0. The number of amides is 3. The van der Waals surface area contributed by atoms with E-state index < -0.39 is 23.8 Å². The largest absolute Gasteiger partial charge is 0.507 e. The number of anilines is 2. The van der Waals surface area contributed by atoms with Gasteiger partial charge in [-0.3, -0.25) is 19.2 Å². The molecule has 1 unspecified atom stereocenters. The number of benzene rings is 3. The van der Waals surface area contributed by atoms with Crippen LogP contribution in [-0.4, -0.2) is 67.0 Å². The summed E-state index contributed by atoms with van der Waals surface area (Å²) in [5.74, 6) is -1.58. The zero-order valence-corrected chi connectivity index (χ0v) is 21.6. The summed E-state index contributed by atoms with van der Waals surface area (Å²) in [4.78, 5) is 54.6. The summed E-state index contributed by atoms with van der Waals surface area (Å²) in [6, 6.07) is 18.3. The molecule has 1 aliphatic heterocycles. The number of para-hydroxylation sites is 3. The number of ketones is 1. The lowest BCUT2D eigenvalue weighted by Gasteiger charge is -2.26. The zero-order valence-electron chi connectivity index (χ0n) is 21.6. The van der Waals surface area contributed by atoms with Crippen molar-refractivity contribution in [2.45, 2.75) is 13.0 Å². The number of rotatable bonds is 8. The van der Waals surface area contributed by atoms with Crippen molar-refractivity contribution in [3.63, 3.8) is 0 Å². The molecule has 0 aliphatic carbocycles. The van der Waals surface area contributed by atoms with Crippen molar-refractivity contribution in [2.24, 2.45) is 0 Å². The smallest absolute Gasteiger partial charge is 0.258 e. The fourth-order valence-electron chi connectivity index (χ4n) is 4.43. The van der Waals surface area contributed by atoms with Crippen molar-refractivity contribution in [2.75, 3.05) is 36.5 Å². The zero-order chi connectivity index (χ0) is 28.1. The van der Waals surface area contributed by atoms with Gasteiger partial charge in [0, 0.05) is 16.7 Å². The van der Waals surface area contributed by atoms with Crippen LogP contribution in [0.3, 0.4) is 0 Å². The van der Waals surface area contributed by atoms with Gasteiger partial charge < -0.3 is 30.9 Å². The van der Waals surface area contributed by atoms with Gasteiger partial charge in [-0.15, -0.1) is 0 Å². The molecular weight excluding hydrogens is 498 g/mol. The van der Waals surface area contributed by atoms with Crippen molar-refractivity contribution >= 4 is 40.6 Å². The Morgan fingerprint density at radius 1 is 0.949 bits per heavy atom. The maximum Gasteiger partial charge on any atom is 0.258 e. The minimum absolute atomic E-state index is 0.0175. The van der Waals surface area contributed by atoms with Crippen molar-refractivity contribution < 1.29 is 24.3 Å². The van der Waals surface area contributed by atoms with Gasteiger partial charge in [0.05, 0.1) is 36.7 Å². The molecule has 0 radical (unpaired) electrons. The minimum Gasteiger partial charge on any atom is -0.507 e. The first kappa shape index (κ1) is 27.2. The van der Waals surface area contributed by atoms with E-state index in [4.69, 9.17) is 5.41 Å². The summed E-state index contributed by atoms with van der Waals surface area (Å²) < 4.78 is 0. The number of Topliss-reactive ketones (excluding diaryl/α,β-unsaturated/α-hetero) is 1. The van der Waals surface area contributed by atoms with Crippen LogP contribution in [0.25, 0.3) is 0 Å². The quantitative estimate of drug-likeness (QED) is 0.262. The molecule has 0 aromatic heterocycles. The number of hydrogen-bond donors (Lipinski definition) is 4. The summed E-state index contributed by atoms with van der Waals surface area (Å²) in [6.45, 7) is 1.04. The van der Waals surface area contributed by atoms with Crippen LogP contribution >= 0.6 is 0 Å². The van der Waals surface area contributed by atoms with E-state index in [1.54, 1.807) is 73.8 Å². The van der Waals surface area contributed by atoms with Gasteiger partial charge in [-0.25, -0.2) is 0 Å². The number of likely N-dealkylation sites (N-methyl/N-ethyl adjacent to an activating group) is 1. The molecule has 3 aromatic carbocycles. The number of nitrogens with zero attached hydrogens (tertiary/aromatic N) is 2. The van der Waals surface area contributed by atoms with Crippen LogP contribution in [0.1, 0.15) is 33.2 Å². The highest BCUT2D eigenvalue weighted by molar-refractivity contribution is 6.15. The summed E-state index contributed by atoms with van der Waals surface area (Å²) in [6.07, 6.45) is 0. The topological polar surface area (TPSA) is 143 Å². The third-order valence-electron chi connectivity index (χ3n) is 6.39. The number of hydrogen-bond acceptors (Lipinski definition) is 7. The number of phenolic OH excluding ortho intramolecular Hbond substituents is 1. The van der Waals surface area contributed by atoms with Crippen LogP contribution in [0, 0.1) is 5.41 Å². The van der Waals surface area contributed by atoms with Gasteiger partial charge >= 0.3 is 0 Å². The Morgan fingerprint density at radius 2 is 1.56 bits per heavy atom. The molecule has 0 fully saturated rings. The van der Waals surface area contributed by atoms with Gasteiger partial charge in [0.1, 0.15) is 11.8 Å². The number of aromatic hydroxyl groups is 1. The van der Waals surface area contributed by atoms with E-state index in [0.717, 1.165) is 0 Å². The fraction of sp³-hybridized carbons (Fsp3) is 0.207. The second-order valence-electron chi connectivity index (χ2n) is 9.11. The third-order valence-corrected chi connectivity index (χ3v) is 6.39. The molecule has 4 rings (SSSR count). The molecule has 0 spiro atoms. The van der Waals surface area contributed by atoms with Gasteiger partial charge in [-0.1, -0.05) is 36.4 Å². The minimum atomic E-state index is -1.11. The average Bonchev–Trinajstić information content (AvgIpc) is 3.03. The SMILES string of the molecule is CNCC(=O)NC1CN(C(=O)c2ccc(C(C)=O)cc2)c2ccccc2N(CC(=N)c2ccccc2O)C1=O. The second kappa shape index (κ2) is 11.7. The van der Waals surface area contributed by atoms with Crippen LogP contribution in [0.15, 0.2) is 72.8 Å². The van der Waals surface area contributed by atoms with Crippen LogP contribution in [0.2, 0.25) is 0 Å². The number of carbonyl (C=O) groups is 4. The summed E-state index contributed by atoms with van der Waals surface area (Å²) in [5.41, 5.74) is 1.81. The van der Waals surface area contributed by atoms with Crippen molar-refractivity contribution in [3.8, 4) is 5.75 Å². The Kier molecular flexibility index (Phi) is 8.16. The van der Waals surface area contributed by atoms with Gasteiger partial charge in [0.15, 0.2) is 5.78 Å². The summed E-state index contributed by atoms with van der Waals surface area (Å²) in [5, 5.41) is 24.4. The Hall–Kier alpha value is -4.83. The van der Waals surface area contributed by atoms with Gasteiger partial charge in [0.25, 0.3) is 11.8 Å². The standard InChI is InChI=1S/C29H29N5O5/c1-18(35)19-11-13-20(14-12-19)28(38)34-17-23(32-27(37)15-31-2)29(39)33(24-8-4-5-9-25(24)34)16-22(30)21-7-3-6-10-26(21)36/h3-14,23,30-31,36H,15-17H2,1-2H3,(H,32,37). The Morgan fingerprint density at radius 3 is 2.21 bits per heavy atom. The molecule has 3 amide bonds. The maximum atomic E-state index is 13.9. The van der Waals surface area contributed by atoms with E-state index in [1.807, 2.05) is 0 Å². The fourth-order valence-corrected chi connectivity index (χ4v) is 4.43.